The van der Waals surface area contributed by atoms with Gasteiger partial charge in [-0.3, -0.25) is 9.36 Å². The molecule has 24 heavy (non-hydrogen) atoms. The summed E-state index contributed by atoms with van der Waals surface area (Å²) in [6, 6.07) is 0. The van der Waals surface area contributed by atoms with Crippen molar-refractivity contribution in [1.82, 2.24) is 24.3 Å². The molecule has 0 aromatic carbocycles. The second-order valence-electron chi connectivity index (χ2n) is 6.25. The number of nitrogens with one attached hydrogen (secondary N) is 1. The molecule has 3 rings (SSSR count). The van der Waals surface area contributed by atoms with Gasteiger partial charge < -0.3 is 4.74 Å². The average Bonchev–Trinajstić information content (AvgIpc) is 3.12. The largest absolute Gasteiger partial charge is 0.373 e. The van der Waals surface area contributed by atoms with Gasteiger partial charge in [0.2, 0.25) is 0 Å². The van der Waals surface area contributed by atoms with Crippen molar-refractivity contribution >= 4 is 10.0 Å². The minimum absolute atomic E-state index is 0.0752. The lowest BCUT2D eigenvalue weighted by atomic mass is 9.91. The van der Waals surface area contributed by atoms with E-state index in [1.165, 1.54) is 4.68 Å². The van der Waals surface area contributed by atoms with E-state index >= 15 is 0 Å². The Hall–Kier alpha value is -1.71. The third-order valence-electron chi connectivity index (χ3n) is 4.34. The van der Waals surface area contributed by atoms with Crippen LogP contribution < -0.4 is 4.72 Å². The highest BCUT2D eigenvalue weighted by atomic mass is 32.2. The van der Waals surface area contributed by atoms with Crippen LogP contribution in [0.4, 0.5) is 0 Å². The molecule has 132 valence electrons. The molecular weight excluding hydrogens is 330 g/mol. The molecule has 0 spiro atoms. The van der Waals surface area contributed by atoms with Gasteiger partial charge in [-0.15, -0.1) is 0 Å². The molecule has 2 atom stereocenters. The SMILES string of the molecule is Cc1cnn(C)c1S(=O)(=O)NC[C@@H]1CCCO[C@H]1c1cnn(C)c1. The Morgan fingerprint density at radius 2 is 2.12 bits per heavy atom. The summed E-state index contributed by atoms with van der Waals surface area (Å²) < 4.78 is 36.9. The first-order valence-corrected chi connectivity index (χ1v) is 9.45. The summed E-state index contributed by atoms with van der Waals surface area (Å²) in [5.41, 5.74) is 1.62. The van der Waals surface area contributed by atoms with E-state index < -0.39 is 10.0 Å². The smallest absolute Gasteiger partial charge is 0.257 e. The van der Waals surface area contributed by atoms with Gasteiger partial charge >= 0.3 is 0 Å². The molecule has 1 N–H and O–H groups in total. The average molecular weight is 353 g/mol. The Labute approximate surface area is 141 Å². The van der Waals surface area contributed by atoms with Gasteiger partial charge in [-0.2, -0.15) is 10.2 Å². The molecule has 1 saturated heterocycles. The van der Waals surface area contributed by atoms with Crippen LogP contribution in [0.3, 0.4) is 0 Å². The zero-order valence-electron chi connectivity index (χ0n) is 14.1. The maximum atomic E-state index is 12.6. The normalized spacial score (nSPS) is 22.0. The fourth-order valence-corrected chi connectivity index (χ4v) is 4.66. The van der Waals surface area contributed by atoms with Crippen LogP contribution in [0, 0.1) is 12.8 Å². The monoisotopic (exact) mass is 353 g/mol. The molecule has 0 bridgehead atoms. The molecule has 0 amide bonds. The third-order valence-corrected chi connectivity index (χ3v) is 5.99. The highest BCUT2D eigenvalue weighted by Gasteiger charge is 2.30. The van der Waals surface area contributed by atoms with Gasteiger partial charge in [0.1, 0.15) is 0 Å². The lowest BCUT2D eigenvalue weighted by molar-refractivity contribution is -0.0262. The highest BCUT2D eigenvalue weighted by Crippen LogP contribution is 2.33. The molecule has 0 saturated carbocycles. The van der Waals surface area contributed by atoms with Crippen LogP contribution in [0.25, 0.3) is 0 Å². The molecule has 9 heteroatoms. The first-order chi connectivity index (χ1) is 11.4. The molecule has 1 aliphatic rings. The van der Waals surface area contributed by atoms with Crippen LogP contribution in [-0.2, 0) is 28.9 Å². The molecule has 3 heterocycles. The standard InChI is InChI=1S/C15H23N5O3S/c1-11-7-17-20(3)15(11)24(21,22)18-9-12-5-4-6-23-14(12)13-8-16-19(2)10-13/h7-8,10,12,14,18H,4-6,9H2,1-3H3/t12-,14+/m0/s1. The lowest BCUT2D eigenvalue weighted by Gasteiger charge is -2.31. The van der Waals surface area contributed by atoms with E-state index in [1.54, 1.807) is 31.0 Å². The topological polar surface area (TPSA) is 91.0 Å². The van der Waals surface area contributed by atoms with E-state index in [0.29, 0.717) is 18.7 Å². The minimum Gasteiger partial charge on any atom is -0.373 e. The maximum Gasteiger partial charge on any atom is 0.257 e. The number of aryl methyl sites for hydroxylation is 3. The van der Waals surface area contributed by atoms with Crippen LogP contribution in [0.2, 0.25) is 0 Å². The number of nitrogens with zero attached hydrogens (tertiary/aromatic N) is 4. The van der Waals surface area contributed by atoms with Crippen LogP contribution >= 0.6 is 0 Å². The second-order valence-corrected chi connectivity index (χ2v) is 7.93. The van der Waals surface area contributed by atoms with Gasteiger partial charge in [0.05, 0.1) is 18.5 Å². The maximum absolute atomic E-state index is 12.6. The Kier molecular flexibility index (Phi) is 4.75. The van der Waals surface area contributed by atoms with E-state index in [4.69, 9.17) is 4.74 Å². The molecule has 0 aliphatic carbocycles. The first-order valence-electron chi connectivity index (χ1n) is 7.97. The summed E-state index contributed by atoms with van der Waals surface area (Å²) in [6.07, 6.45) is 6.95. The highest BCUT2D eigenvalue weighted by molar-refractivity contribution is 7.89. The molecule has 0 unspecified atom stereocenters. The molecule has 2 aromatic heterocycles. The van der Waals surface area contributed by atoms with E-state index in [9.17, 15) is 8.42 Å². The number of ether oxygens (including phenoxy) is 1. The molecule has 1 aliphatic heterocycles. The number of aromatic nitrogens is 4. The number of sulfonamides is 1. The Morgan fingerprint density at radius 3 is 2.75 bits per heavy atom. The summed E-state index contributed by atoms with van der Waals surface area (Å²) in [5.74, 6) is 0.0752. The van der Waals surface area contributed by atoms with Crippen molar-refractivity contribution in [2.24, 2.45) is 20.0 Å². The summed E-state index contributed by atoms with van der Waals surface area (Å²) >= 11 is 0. The van der Waals surface area contributed by atoms with Gasteiger partial charge in [0, 0.05) is 50.5 Å². The van der Waals surface area contributed by atoms with Crippen LogP contribution in [0.1, 0.15) is 30.1 Å². The van der Waals surface area contributed by atoms with Crippen molar-refractivity contribution in [1.29, 1.82) is 0 Å². The van der Waals surface area contributed by atoms with Crippen molar-refractivity contribution in [2.75, 3.05) is 13.2 Å². The Bertz CT molecular complexity index is 791. The molecule has 0 radical (unpaired) electrons. The molecule has 2 aromatic rings. The summed E-state index contributed by atoms with van der Waals surface area (Å²) in [6.45, 7) is 2.75. The van der Waals surface area contributed by atoms with E-state index in [-0.39, 0.29) is 17.0 Å². The predicted molar refractivity (Wildman–Crippen MR) is 87.8 cm³/mol. The Balaban J connectivity index is 1.74. The molecular formula is C15H23N5O3S. The van der Waals surface area contributed by atoms with E-state index in [2.05, 4.69) is 14.9 Å². The summed E-state index contributed by atoms with van der Waals surface area (Å²) in [4.78, 5) is 0. The number of rotatable bonds is 5. The zero-order chi connectivity index (χ0) is 17.3. The quantitative estimate of drug-likeness (QED) is 0.863. The second kappa shape index (κ2) is 6.66. The van der Waals surface area contributed by atoms with E-state index in [1.807, 2.05) is 13.2 Å². The van der Waals surface area contributed by atoms with Gasteiger partial charge in [-0.1, -0.05) is 0 Å². The van der Waals surface area contributed by atoms with Crippen LogP contribution in [-0.4, -0.2) is 41.1 Å². The van der Waals surface area contributed by atoms with Crippen LogP contribution in [0.15, 0.2) is 23.6 Å². The molecule has 8 nitrogen and oxygen atoms in total. The van der Waals surface area contributed by atoms with Crippen molar-refractivity contribution < 1.29 is 13.2 Å². The van der Waals surface area contributed by atoms with Crippen molar-refractivity contribution in [2.45, 2.75) is 30.9 Å². The first kappa shape index (κ1) is 17.1. The van der Waals surface area contributed by atoms with Crippen molar-refractivity contribution in [3.8, 4) is 0 Å². The third kappa shape index (κ3) is 3.38. The van der Waals surface area contributed by atoms with Crippen molar-refractivity contribution in [3.63, 3.8) is 0 Å². The van der Waals surface area contributed by atoms with Gasteiger partial charge in [-0.05, 0) is 19.8 Å². The number of hydrogen-bond acceptors (Lipinski definition) is 5. The fourth-order valence-electron chi connectivity index (χ4n) is 3.21. The summed E-state index contributed by atoms with van der Waals surface area (Å²) in [5, 5.41) is 8.40. The van der Waals surface area contributed by atoms with Gasteiger partial charge in [0.15, 0.2) is 5.03 Å². The number of hydrogen-bond donors (Lipinski definition) is 1. The van der Waals surface area contributed by atoms with E-state index in [0.717, 1.165) is 18.4 Å². The van der Waals surface area contributed by atoms with Gasteiger partial charge in [0.25, 0.3) is 10.0 Å². The minimum atomic E-state index is -3.60. The van der Waals surface area contributed by atoms with Crippen molar-refractivity contribution in [3.05, 3.63) is 29.7 Å². The lowest BCUT2D eigenvalue weighted by Crippen LogP contribution is -2.36. The zero-order valence-corrected chi connectivity index (χ0v) is 15.0. The van der Waals surface area contributed by atoms with Crippen LogP contribution in [0.5, 0.6) is 0 Å². The predicted octanol–water partition coefficient (Wildman–Crippen LogP) is 0.908. The van der Waals surface area contributed by atoms with Gasteiger partial charge in [-0.25, -0.2) is 13.1 Å². The Morgan fingerprint density at radius 1 is 1.33 bits per heavy atom. The fraction of sp³-hybridized carbons (Fsp3) is 0.600. The summed E-state index contributed by atoms with van der Waals surface area (Å²) in [7, 11) is -0.119. The molecule has 1 fully saturated rings.